The molecule has 0 bridgehead atoms. The van der Waals surface area contributed by atoms with Crippen LogP contribution in [0, 0.1) is 6.92 Å². The highest BCUT2D eigenvalue weighted by Gasteiger charge is 2.27. The van der Waals surface area contributed by atoms with Crippen LogP contribution < -0.4 is 5.32 Å². The van der Waals surface area contributed by atoms with Gasteiger partial charge in [-0.3, -0.25) is 0 Å². The second-order valence-corrected chi connectivity index (χ2v) is 4.98. The van der Waals surface area contributed by atoms with E-state index in [1.807, 2.05) is 19.9 Å². The molecule has 1 aliphatic heterocycles. The van der Waals surface area contributed by atoms with Crippen molar-refractivity contribution in [2.45, 2.75) is 45.9 Å². The lowest BCUT2D eigenvalue weighted by atomic mass is 10.2. The summed E-state index contributed by atoms with van der Waals surface area (Å²) in [6, 6.07) is 1.74. The van der Waals surface area contributed by atoms with Gasteiger partial charge in [0.25, 0.3) is 0 Å². The van der Waals surface area contributed by atoms with E-state index in [-0.39, 0.29) is 18.2 Å². The molecule has 6 heteroatoms. The molecule has 1 saturated heterocycles. The highest BCUT2D eigenvalue weighted by Crippen LogP contribution is 2.13. The summed E-state index contributed by atoms with van der Waals surface area (Å²) in [4.78, 5) is 13.9. The SMILES string of the molecule is CC[C@@H]1CN(C(=O)NCc2cc(C)no2)C[C@@H](C)O1. The fourth-order valence-corrected chi connectivity index (χ4v) is 2.21. The number of morpholine rings is 1. The molecule has 1 N–H and O–H groups in total. The zero-order valence-corrected chi connectivity index (χ0v) is 11.7. The zero-order chi connectivity index (χ0) is 13.8. The van der Waals surface area contributed by atoms with E-state index in [1.165, 1.54) is 0 Å². The van der Waals surface area contributed by atoms with Crippen molar-refractivity contribution >= 4 is 6.03 Å². The van der Waals surface area contributed by atoms with Gasteiger partial charge in [-0.15, -0.1) is 0 Å². The minimum absolute atomic E-state index is 0.0805. The van der Waals surface area contributed by atoms with Gasteiger partial charge < -0.3 is 19.5 Å². The Morgan fingerprint density at radius 2 is 2.37 bits per heavy atom. The summed E-state index contributed by atoms with van der Waals surface area (Å²) in [6.07, 6.45) is 1.12. The maximum Gasteiger partial charge on any atom is 0.317 e. The van der Waals surface area contributed by atoms with E-state index in [2.05, 4.69) is 17.4 Å². The highest BCUT2D eigenvalue weighted by molar-refractivity contribution is 5.74. The van der Waals surface area contributed by atoms with Crippen LogP contribution in [0.4, 0.5) is 4.79 Å². The molecule has 1 aliphatic rings. The van der Waals surface area contributed by atoms with Crippen molar-refractivity contribution in [3.05, 3.63) is 17.5 Å². The molecule has 0 spiro atoms. The lowest BCUT2D eigenvalue weighted by molar-refractivity contribution is -0.0646. The minimum atomic E-state index is -0.0809. The van der Waals surface area contributed by atoms with Crippen LogP contribution >= 0.6 is 0 Å². The number of carbonyl (C=O) groups is 1. The fourth-order valence-electron chi connectivity index (χ4n) is 2.21. The maximum atomic E-state index is 12.1. The van der Waals surface area contributed by atoms with Gasteiger partial charge in [-0.2, -0.15) is 0 Å². The number of carbonyl (C=O) groups excluding carboxylic acids is 1. The van der Waals surface area contributed by atoms with Crippen molar-refractivity contribution in [1.29, 1.82) is 0 Å². The Balaban J connectivity index is 1.85. The Morgan fingerprint density at radius 1 is 1.58 bits per heavy atom. The van der Waals surface area contributed by atoms with Crippen LogP contribution in [0.2, 0.25) is 0 Å². The molecule has 0 unspecified atom stereocenters. The van der Waals surface area contributed by atoms with Gasteiger partial charge in [0, 0.05) is 19.2 Å². The first-order chi connectivity index (χ1) is 9.08. The number of amides is 2. The summed E-state index contributed by atoms with van der Waals surface area (Å²) >= 11 is 0. The molecule has 1 fully saturated rings. The van der Waals surface area contributed by atoms with Gasteiger partial charge >= 0.3 is 6.03 Å². The first-order valence-electron chi connectivity index (χ1n) is 6.69. The van der Waals surface area contributed by atoms with Gasteiger partial charge in [0.1, 0.15) is 0 Å². The first-order valence-corrected chi connectivity index (χ1v) is 6.69. The largest absolute Gasteiger partial charge is 0.372 e. The standard InChI is InChI=1S/C13H21N3O3/c1-4-11-8-16(7-10(3)18-11)13(17)14-6-12-5-9(2)15-19-12/h5,10-11H,4,6-8H2,1-3H3,(H,14,17)/t10-,11-/m1/s1. The number of rotatable bonds is 3. The molecule has 2 heterocycles. The van der Waals surface area contributed by atoms with Crippen LogP contribution in [0.5, 0.6) is 0 Å². The number of hydrogen-bond acceptors (Lipinski definition) is 4. The Labute approximate surface area is 113 Å². The quantitative estimate of drug-likeness (QED) is 0.905. The maximum absolute atomic E-state index is 12.1. The smallest absolute Gasteiger partial charge is 0.317 e. The monoisotopic (exact) mass is 267 g/mol. The minimum Gasteiger partial charge on any atom is -0.372 e. The van der Waals surface area contributed by atoms with Gasteiger partial charge in [0.05, 0.1) is 24.4 Å². The average molecular weight is 267 g/mol. The van der Waals surface area contributed by atoms with Gasteiger partial charge in [-0.25, -0.2) is 4.79 Å². The number of ether oxygens (including phenoxy) is 1. The van der Waals surface area contributed by atoms with E-state index in [4.69, 9.17) is 9.26 Å². The second-order valence-electron chi connectivity index (χ2n) is 4.98. The van der Waals surface area contributed by atoms with Gasteiger partial charge in [-0.1, -0.05) is 12.1 Å². The molecular formula is C13H21N3O3. The van der Waals surface area contributed by atoms with Crippen molar-refractivity contribution in [3.63, 3.8) is 0 Å². The summed E-state index contributed by atoms with van der Waals surface area (Å²) < 4.78 is 10.8. The van der Waals surface area contributed by atoms with Crippen LogP contribution in [0.1, 0.15) is 31.7 Å². The number of hydrogen-bond donors (Lipinski definition) is 1. The van der Waals surface area contributed by atoms with Crippen molar-refractivity contribution in [1.82, 2.24) is 15.4 Å². The summed E-state index contributed by atoms with van der Waals surface area (Å²) in [6.45, 7) is 7.53. The third-order valence-electron chi connectivity index (χ3n) is 3.16. The number of urea groups is 1. The molecule has 0 radical (unpaired) electrons. The van der Waals surface area contributed by atoms with Crippen molar-refractivity contribution in [3.8, 4) is 0 Å². The van der Waals surface area contributed by atoms with E-state index in [1.54, 1.807) is 4.90 Å². The predicted octanol–water partition coefficient (Wildman–Crippen LogP) is 1.69. The van der Waals surface area contributed by atoms with E-state index in [9.17, 15) is 4.79 Å². The van der Waals surface area contributed by atoms with E-state index in [0.717, 1.165) is 12.1 Å². The lowest BCUT2D eigenvalue weighted by Crippen LogP contribution is -2.52. The molecule has 2 amide bonds. The third kappa shape index (κ3) is 3.70. The molecule has 1 aromatic rings. The molecule has 2 rings (SSSR count). The molecular weight excluding hydrogens is 246 g/mol. The summed E-state index contributed by atoms with van der Waals surface area (Å²) in [5, 5.41) is 6.63. The Kier molecular flexibility index (Phi) is 4.42. The highest BCUT2D eigenvalue weighted by atomic mass is 16.5. The van der Waals surface area contributed by atoms with Crippen molar-refractivity contribution < 1.29 is 14.1 Å². The lowest BCUT2D eigenvalue weighted by Gasteiger charge is -2.36. The first kappa shape index (κ1) is 13.9. The molecule has 0 aromatic carbocycles. The Hall–Kier alpha value is -1.56. The van der Waals surface area contributed by atoms with E-state index < -0.39 is 0 Å². The zero-order valence-electron chi connectivity index (χ0n) is 11.7. The van der Waals surface area contributed by atoms with Gasteiger partial charge in [0.15, 0.2) is 5.76 Å². The normalized spacial score (nSPS) is 23.4. The number of nitrogens with one attached hydrogen (secondary N) is 1. The molecule has 19 heavy (non-hydrogen) atoms. The van der Waals surface area contributed by atoms with Crippen molar-refractivity contribution in [2.75, 3.05) is 13.1 Å². The van der Waals surface area contributed by atoms with Gasteiger partial charge in [-0.05, 0) is 20.3 Å². The van der Waals surface area contributed by atoms with Gasteiger partial charge in [0.2, 0.25) is 0 Å². The summed E-state index contributed by atoms with van der Waals surface area (Å²) in [5.74, 6) is 0.666. The van der Waals surface area contributed by atoms with Crippen LogP contribution in [-0.2, 0) is 11.3 Å². The number of aromatic nitrogens is 1. The third-order valence-corrected chi connectivity index (χ3v) is 3.16. The predicted molar refractivity (Wildman–Crippen MR) is 69.7 cm³/mol. The summed E-state index contributed by atoms with van der Waals surface area (Å²) in [5.41, 5.74) is 0.815. The molecule has 2 atom stereocenters. The molecule has 0 aliphatic carbocycles. The summed E-state index contributed by atoms with van der Waals surface area (Å²) in [7, 11) is 0. The van der Waals surface area contributed by atoms with E-state index >= 15 is 0 Å². The molecule has 106 valence electrons. The number of nitrogens with zero attached hydrogens (tertiary/aromatic N) is 2. The van der Waals surface area contributed by atoms with Crippen LogP contribution in [0.15, 0.2) is 10.6 Å². The van der Waals surface area contributed by atoms with E-state index in [0.29, 0.717) is 25.4 Å². The molecule has 0 saturated carbocycles. The van der Waals surface area contributed by atoms with Crippen molar-refractivity contribution in [2.24, 2.45) is 0 Å². The van der Waals surface area contributed by atoms with Crippen LogP contribution in [-0.4, -0.2) is 41.4 Å². The second kappa shape index (κ2) is 6.06. The number of aryl methyl sites for hydroxylation is 1. The molecule has 1 aromatic heterocycles. The fraction of sp³-hybridized carbons (Fsp3) is 0.692. The Morgan fingerprint density at radius 3 is 3.00 bits per heavy atom. The topological polar surface area (TPSA) is 67.6 Å². The Bertz CT molecular complexity index is 433. The van der Waals surface area contributed by atoms with Crippen LogP contribution in [0.25, 0.3) is 0 Å². The average Bonchev–Trinajstić information content (AvgIpc) is 2.81. The molecule has 6 nitrogen and oxygen atoms in total. The van der Waals surface area contributed by atoms with Crippen LogP contribution in [0.3, 0.4) is 0 Å².